The number of thioether (sulfide) groups is 1. The Hall–Kier alpha value is -2.83. The van der Waals surface area contributed by atoms with E-state index in [9.17, 15) is 18.0 Å². The maximum absolute atomic E-state index is 14.1. The van der Waals surface area contributed by atoms with Crippen molar-refractivity contribution in [1.82, 2.24) is 20.2 Å². The largest absolute Gasteiger partial charge is 0.420 e. The Balaban J connectivity index is 1.13. The molecule has 7 nitrogen and oxygen atoms in total. The molecule has 4 fully saturated rings. The Kier molecular flexibility index (Phi) is 6.05. The van der Waals surface area contributed by atoms with Gasteiger partial charge in [0.1, 0.15) is 10.4 Å². The SMILES string of the molecule is O=C1c2sc(-c3nc(Nc4ccc(N5C[C@H]6CC5CN6)cc4C4CC4)ncc3C(F)(F)F)cc2SCCN1C1CC1. The number of piperazine rings is 1. The van der Waals surface area contributed by atoms with Crippen molar-refractivity contribution < 1.29 is 18.0 Å². The Labute approximate surface area is 243 Å². The number of hydrogen-bond donors (Lipinski definition) is 2. The van der Waals surface area contributed by atoms with Crippen molar-refractivity contribution in [3.8, 4) is 10.6 Å². The van der Waals surface area contributed by atoms with Crippen LogP contribution in [0.1, 0.15) is 58.8 Å². The van der Waals surface area contributed by atoms with Gasteiger partial charge in [0.05, 0.1) is 10.6 Å². The predicted octanol–water partition coefficient (Wildman–Crippen LogP) is 6.11. The van der Waals surface area contributed by atoms with Gasteiger partial charge in [0.15, 0.2) is 0 Å². The molecule has 2 N–H and O–H groups in total. The quantitative estimate of drug-likeness (QED) is 0.355. The molecule has 3 aromatic rings. The number of amides is 1. The summed E-state index contributed by atoms with van der Waals surface area (Å²) in [5.74, 6) is 1.19. The van der Waals surface area contributed by atoms with Crippen molar-refractivity contribution >= 4 is 46.3 Å². The van der Waals surface area contributed by atoms with E-state index < -0.39 is 11.7 Å². The summed E-state index contributed by atoms with van der Waals surface area (Å²) in [4.78, 5) is 27.7. The van der Waals surface area contributed by atoms with Gasteiger partial charge in [0.25, 0.3) is 5.91 Å². The zero-order chi connectivity index (χ0) is 27.9. The number of alkyl halides is 3. The minimum atomic E-state index is -4.63. The first-order valence-corrected chi connectivity index (χ1v) is 16.1. The van der Waals surface area contributed by atoms with Crippen molar-refractivity contribution in [3.05, 3.63) is 46.5 Å². The second-order valence-corrected chi connectivity index (χ2v) is 13.8. The number of nitrogens with one attached hydrogen (secondary N) is 2. The van der Waals surface area contributed by atoms with Gasteiger partial charge in [0, 0.05) is 66.0 Å². The molecule has 5 heterocycles. The van der Waals surface area contributed by atoms with Crippen LogP contribution in [0.25, 0.3) is 10.6 Å². The molecule has 2 atom stereocenters. The molecule has 3 aliphatic heterocycles. The second-order valence-electron chi connectivity index (χ2n) is 11.7. The van der Waals surface area contributed by atoms with Crippen LogP contribution in [0.2, 0.25) is 0 Å². The number of fused-ring (bicyclic) bond motifs is 3. The number of benzene rings is 1. The van der Waals surface area contributed by atoms with Crippen molar-refractivity contribution in [2.24, 2.45) is 0 Å². The van der Waals surface area contributed by atoms with Gasteiger partial charge in [-0.1, -0.05) is 0 Å². The van der Waals surface area contributed by atoms with E-state index in [-0.39, 0.29) is 23.6 Å². The van der Waals surface area contributed by atoms with E-state index in [1.807, 2.05) is 11.0 Å². The van der Waals surface area contributed by atoms with Gasteiger partial charge >= 0.3 is 6.18 Å². The molecular weight excluding hydrogens is 569 g/mol. The van der Waals surface area contributed by atoms with E-state index in [2.05, 4.69) is 37.6 Å². The van der Waals surface area contributed by atoms with Crippen LogP contribution >= 0.6 is 23.1 Å². The van der Waals surface area contributed by atoms with Gasteiger partial charge in [-0.25, -0.2) is 9.97 Å². The summed E-state index contributed by atoms with van der Waals surface area (Å²) in [7, 11) is 0. The van der Waals surface area contributed by atoms with E-state index in [0.29, 0.717) is 34.3 Å². The molecule has 0 radical (unpaired) electrons. The first-order valence-electron chi connectivity index (χ1n) is 14.2. The highest BCUT2D eigenvalue weighted by Crippen LogP contribution is 2.47. The summed E-state index contributed by atoms with van der Waals surface area (Å²) in [6.07, 6.45) is 1.56. The fourth-order valence-electron chi connectivity index (χ4n) is 6.38. The lowest BCUT2D eigenvalue weighted by Crippen LogP contribution is -2.43. The number of hydrogen-bond acceptors (Lipinski definition) is 8. The summed E-state index contributed by atoms with van der Waals surface area (Å²) >= 11 is 2.63. The van der Waals surface area contributed by atoms with E-state index in [1.165, 1.54) is 17.4 Å². The van der Waals surface area contributed by atoms with Gasteiger partial charge < -0.3 is 20.4 Å². The van der Waals surface area contributed by atoms with E-state index in [0.717, 1.165) is 84.6 Å². The number of carbonyl (C=O) groups is 1. The topological polar surface area (TPSA) is 73.4 Å². The number of anilines is 3. The fraction of sp³-hybridized carbons (Fsp3) is 0.483. The van der Waals surface area contributed by atoms with E-state index >= 15 is 0 Å². The number of carbonyl (C=O) groups excluding carboxylic acids is 1. The lowest BCUT2D eigenvalue weighted by Gasteiger charge is -2.30. The Bertz CT molecular complexity index is 1540. The maximum atomic E-state index is 14.1. The van der Waals surface area contributed by atoms with Gasteiger partial charge in [-0.2, -0.15) is 13.2 Å². The van der Waals surface area contributed by atoms with Crippen molar-refractivity contribution in [3.63, 3.8) is 0 Å². The number of nitrogens with zero attached hydrogens (tertiary/aromatic N) is 4. The van der Waals surface area contributed by atoms with E-state index in [4.69, 9.17) is 0 Å². The van der Waals surface area contributed by atoms with Crippen LogP contribution in [0.5, 0.6) is 0 Å². The minimum Gasteiger partial charge on any atom is -0.366 e. The zero-order valence-electron chi connectivity index (χ0n) is 22.2. The zero-order valence-corrected chi connectivity index (χ0v) is 23.8. The standard InChI is InChI=1S/C29H29F3N6OS2/c30-29(31,32)21-13-34-28(36-25(21)23-11-24-26(41-23)27(39)37(7-8-40-24)17-3-4-17)35-22-6-5-18(10-20(22)15-1-2-15)38-14-16-9-19(38)12-33-16/h5-6,10-11,13,15-17,19,33H,1-4,7-9,12,14H2,(H,34,35,36)/t16-,19?/m1/s1. The molecule has 1 unspecified atom stereocenters. The number of aromatic nitrogens is 2. The molecule has 0 spiro atoms. The normalized spacial score (nSPS) is 24.1. The molecule has 2 aromatic heterocycles. The molecule has 5 aliphatic rings. The molecule has 12 heteroatoms. The van der Waals surface area contributed by atoms with E-state index in [1.54, 1.807) is 6.07 Å². The van der Waals surface area contributed by atoms with Crippen LogP contribution in [0.4, 0.5) is 30.5 Å². The van der Waals surface area contributed by atoms with Crippen molar-refractivity contribution in [2.75, 3.05) is 35.6 Å². The Morgan fingerprint density at radius 3 is 2.63 bits per heavy atom. The molecule has 1 aromatic carbocycles. The third-order valence-electron chi connectivity index (χ3n) is 8.75. The molecule has 2 saturated heterocycles. The van der Waals surface area contributed by atoms with Gasteiger partial charge in [0.2, 0.25) is 5.95 Å². The summed E-state index contributed by atoms with van der Waals surface area (Å²) < 4.78 is 42.4. The smallest absolute Gasteiger partial charge is 0.366 e. The summed E-state index contributed by atoms with van der Waals surface area (Å²) in [6.45, 7) is 2.66. The first kappa shape index (κ1) is 25.8. The lowest BCUT2D eigenvalue weighted by molar-refractivity contribution is -0.137. The highest BCUT2D eigenvalue weighted by atomic mass is 32.2. The summed E-state index contributed by atoms with van der Waals surface area (Å²) in [5, 5.41) is 6.79. The van der Waals surface area contributed by atoms with Crippen LogP contribution in [0.15, 0.2) is 35.4 Å². The highest BCUT2D eigenvalue weighted by molar-refractivity contribution is 7.99. The van der Waals surface area contributed by atoms with Crippen molar-refractivity contribution in [1.29, 1.82) is 0 Å². The van der Waals surface area contributed by atoms with Crippen LogP contribution in [0.3, 0.4) is 0 Å². The average molecular weight is 599 g/mol. The molecule has 41 heavy (non-hydrogen) atoms. The van der Waals surface area contributed by atoms with Crippen LogP contribution in [-0.4, -0.2) is 64.3 Å². The van der Waals surface area contributed by atoms with Gasteiger partial charge in [-0.05, 0) is 67.9 Å². The van der Waals surface area contributed by atoms with Crippen LogP contribution < -0.4 is 15.5 Å². The number of halogens is 3. The van der Waals surface area contributed by atoms with Crippen LogP contribution in [0, 0.1) is 0 Å². The molecule has 2 saturated carbocycles. The van der Waals surface area contributed by atoms with Gasteiger partial charge in [-0.3, -0.25) is 4.79 Å². The fourth-order valence-corrected chi connectivity index (χ4v) is 8.69. The predicted molar refractivity (Wildman–Crippen MR) is 154 cm³/mol. The van der Waals surface area contributed by atoms with Crippen molar-refractivity contribution in [2.45, 2.75) is 67.2 Å². The molecule has 1 amide bonds. The molecule has 2 bridgehead atoms. The number of thiophene rings is 1. The molecular formula is C29H29F3N6OS2. The minimum absolute atomic E-state index is 0.0825. The maximum Gasteiger partial charge on any atom is 0.420 e. The second kappa shape index (κ2) is 9.60. The number of rotatable bonds is 6. The van der Waals surface area contributed by atoms with Gasteiger partial charge in [-0.15, -0.1) is 23.1 Å². The Morgan fingerprint density at radius 1 is 1.07 bits per heavy atom. The Morgan fingerprint density at radius 2 is 1.93 bits per heavy atom. The third-order valence-corrected chi connectivity index (χ3v) is 11.0. The molecule has 214 valence electrons. The summed E-state index contributed by atoms with van der Waals surface area (Å²) in [5.41, 5.74) is 2.10. The monoisotopic (exact) mass is 598 g/mol. The molecule has 2 aliphatic carbocycles. The van der Waals surface area contributed by atoms with Crippen LogP contribution in [-0.2, 0) is 6.18 Å². The third kappa shape index (κ3) is 4.77. The average Bonchev–Trinajstić information content (AvgIpc) is 3.87. The molecule has 8 rings (SSSR count). The summed E-state index contributed by atoms with van der Waals surface area (Å²) in [6, 6.07) is 9.33. The highest BCUT2D eigenvalue weighted by Gasteiger charge is 2.40. The first-order chi connectivity index (χ1) is 19.8. The lowest BCUT2D eigenvalue weighted by atomic mass is 10.1.